The molecule has 1 aromatic heterocycles. The Hall–Kier alpha value is -3.61. The Morgan fingerprint density at radius 1 is 0.964 bits per heavy atom. The molecule has 0 spiro atoms. The van der Waals surface area contributed by atoms with E-state index in [2.05, 4.69) is 20.8 Å². The summed E-state index contributed by atoms with van der Waals surface area (Å²) < 4.78 is 10.9. The molecule has 1 heterocycles. The lowest BCUT2D eigenvalue weighted by Gasteiger charge is -2.15. The van der Waals surface area contributed by atoms with Gasteiger partial charge in [0.05, 0.1) is 18.9 Å². The Balaban J connectivity index is 1.68. The highest BCUT2D eigenvalue weighted by Crippen LogP contribution is 2.27. The third-order valence-corrected chi connectivity index (χ3v) is 3.75. The number of nitrogens with zero attached hydrogens (tertiary/aromatic N) is 2. The average Bonchev–Trinajstić information content (AvgIpc) is 2.70. The predicted molar refractivity (Wildman–Crippen MR) is 108 cm³/mol. The number of methoxy groups -OCH3 is 1. The van der Waals surface area contributed by atoms with Crippen molar-refractivity contribution in [3.8, 4) is 11.5 Å². The zero-order valence-corrected chi connectivity index (χ0v) is 16.0. The summed E-state index contributed by atoms with van der Waals surface area (Å²) in [5.41, 5.74) is 1.27. The Labute approximate surface area is 163 Å². The monoisotopic (exact) mass is 378 g/mol. The highest BCUT2D eigenvalue weighted by atomic mass is 16.5. The Bertz CT molecular complexity index is 942. The van der Waals surface area contributed by atoms with E-state index in [1.807, 2.05) is 38.1 Å². The SMILES string of the molecule is COc1cccc(C(=O)Nc2ccc(Nc3ccccc3OC(C)C)nn2)c1. The summed E-state index contributed by atoms with van der Waals surface area (Å²) in [6.07, 6.45) is 0.0585. The summed E-state index contributed by atoms with van der Waals surface area (Å²) in [5.74, 6) is 1.95. The van der Waals surface area contributed by atoms with E-state index < -0.39 is 0 Å². The summed E-state index contributed by atoms with van der Waals surface area (Å²) in [4.78, 5) is 12.3. The lowest BCUT2D eigenvalue weighted by atomic mass is 10.2. The van der Waals surface area contributed by atoms with Gasteiger partial charge in [-0.3, -0.25) is 4.79 Å². The van der Waals surface area contributed by atoms with Crippen molar-refractivity contribution in [2.45, 2.75) is 20.0 Å². The third-order valence-electron chi connectivity index (χ3n) is 3.75. The van der Waals surface area contributed by atoms with E-state index in [1.54, 1.807) is 43.5 Å². The van der Waals surface area contributed by atoms with Gasteiger partial charge in [0, 0.05) is 5.56 Å². The van der Waals surface area contributed by atoms with E-state index in [0.717, 1.165) is 11.4 Å². The molecule has 0 aliphatic carbocycles. The minimum Gasteiger partial charge on any atom is -0.497 e. The molecule has 2 aromatic carbocycles. The molecule has 3 rings (SSSR count). The summed E-state index contributed by atoms with van der Waals surface area (Å²) in [5, 5.41) is 14.1. The molecule has 0 atom stereocenters. The normalized spacial score (nSPS) is 10.4. The van der Waals surface area contributed by atoms with Crippen molar-refractivity contribution in [3.63, 3.8) is 0 Å². The molecule has 0 unspecified atom stereocenters. The fourth-order valence-electron chi connectivity index (χ4n) is 2.48. The van der Waals surface area contributed by atoms with Gasteiger partial charge in [-0.2, -0.15) is 0 Å². The Morgan fingerprint density at radius 2 is 1.71 bits per heavy atom. The van der Waals surface area contributed by atoms with Crippen molar-refractivity contribution >= 4 is 23.2 Å². The van der Waals surface area contributed by atoms with Gasteiger partial charge in [0.1, 0.15) is 11.5 Å². The van der Waals surface area contributed by atoms with E-state index in [1.165, 1.54) is 0 Å². The number of ether oxygens (including phenoxy) is 2. The summed E-state index contributed by atoms with van der Waals surface area (Å²) in [6.45, 7) is 3.94. The van der Waals surface area contributed by atoms with Gasteiger partial charge in [0.2, 0.25) is 0 Å². The van der Waals surface area contributed by atoms with Crippen LogP contribution < -0.4 is 20.1 Å². The van der Waals surface area contributed by atoms with Gasteiger partial charge >= 0.3 is 0 Å². The highest BCUT2D eigenvalue weighted by molar-refractivity contribution is 6.04. The first-order valence-corrected chi connectivity index (χ1v) is 8.87. The predicted octanol–water partition coefficient (Wildman–Crippen LogP) is 4.27. The van der Waals surface area contributed by atoms with Crippen molar-refractivity contribution < 1.29 is 14.3 Å². The van der Waals surface area contributed by atoms with Gasteiger partial charge in [-0.05, 0) is 56.3 Å². The maximum Gasteiger partial charge on any atom is 0.256 e. The van der Waals surface area contributed by atoms with Crippen LogP contribution in [0.4, 0.5) is 17.3 Å². The molecule has 7 heteroatoms. The van der Waals surface area contributed by atoms with Crippen LogP contribution in [0.15, 0.2) is 60.7 Å². The maximum absolute atomic E-state index is 12.3. The quantitative estimate of drug-likeness (QED) is 0.639. The molecule has 3 aromatic rings. The second-order valence-electron chi connectivity index (χ2n) is 6.28. The lowest BCUT2D eigenvalue weighted by molar-refractivity contribution is 0.102. The van der Waals surface area contributed by atoms with Gasteiger partial charge in [0.25, 0.3) is 5.91 Å². The van der Waals surface area contributed by atoms with Crippen molar-refractivity contribution in [2.24, 2.45) is 0 Å². The van der Waals surface area contributed by atoms with Gasteiger partial charge in [-0.1, -0.05) is 18.2 Å². The molecule has 7 nitrogen and oxygen atoms in total. The molecule has 144 valence electrons. The Morgan fingerprint density at radius 3 is 2.43 bits per heavy atom. The topological polar surface area (TPSA) is 85.4 Å². The van der Waals surface area contributed by atoms with E-state index in [9.17, 15) is 4.79 Å². The summed E-state index contributed by atoms with van der Waals surface area (Å²) in [7, 11) is 1.55. The summed E-state index contributed by atoms with van der Waals surface area (Å²) >= 11 is 0. The first-order chi connectivity index (χ1) is 13.5. The maximum atomic E-state index is 12.3. The molecule has 1 amide bonds. The van der Waals surface area contributed by atoms with Crippen LogP contribution in [-0.2, 0) is 0 Å². The lowest BCUT2D eigenvalue weighted by Crippen LogP contribution is -2.13. The molecule has 0 aliphatic heterocycles. The molecule has 0 radical (unpaired) electrons. The number of anilines is 3. The van der Waals surface area contributed by atoms with E-state index in [0.29, 0.717) is 22.9 Å². The van der Waals surface area contributed by atoms with Crippen LogP contribution in [0.3, 0.4) is 0 Å². The molecular weight excluding hydrogens is 356 g/mol. The van der Waals surface area contributed by atoms with Crippen molar-refractivity contribution in [3.05, 3.63) is 66.2 Å². The second-order valence-corrected chi connectivity index (χ2v) is 6.28. The molecule has 28 heavy (non-hydrogen) atoms. The van der Waals surface area contributed by atoms with Gasteiger partial charge < -0.3 is 20.1 Å². The first kappa shape index (κ1) is 19.2. The molecular formula is C21H22N4O3. The van der Waals surface area contributed by atoms with Crippen LogP contribution in [-0.4, -0.2) is 29.3 Å². The number of carbonyl (C=O) groups excluding carboxylic acids is 1. The van der Waals surface area contributed by atoms with Crippen LogP contribution in [0.1, 0.15) is 24.2 Å². The largest absolute Gasteiger partial charge is 0.497 e. The standard InChI is InChI=1S/C21H22N4O3/c1-14(2)28-18-10-5-4-9-17(18)22-19-11-12-20(25-24-19)23-21(26)15-7-6-8-16(13-15)27-3/h4-14H,1-3H3,(H,22,24)(H,23,25,26). The molecule has 0 saturated heterocycles. The average molecular weight is 378 g/mol. The van der Waals surface area contributed by atoms with E-state index in [-0.39, 0.29) is 12.0 Å². The van der Waals surface area contributed by atoms with Gasteiger partial charge in [0.15, 0.2) is 11.6 Å². The van der Waals surface area contributed by atoms with Crippen LogP contribution >= 0.6 is 0 Å². The number of nitrogens with one attached hydrogen (secondary N) is 2. The van der Waals surface area contributed by atoms with Crippen LogP contribution in [0.2, 0.25) is 0 Å². The van der Waals surface area contributed by atoms with E-state index in [4.69, 9.17) is 9.47 Å². The van der Waals surface area contributed by atoms with Crippen molar-refractivity contribution in [1.29, 1.82) is 0 Å². The van der Waals surface area contributed by atoms with Crippen LogP contribution in [0.5, 0.6) is 11.5 Å². The number of hydrogen-bond donors (Lipinski definition) is 2. The van der Waals surface area contributed by atoms with Gasteiger partial charge in [-0.15, -0.1) is 10.2 Å². The van der Waals surface area contributed by atoms with E-state index >= 15 is 0 Å². The molecule has 0 fully saturated rings. The van der Waals surface area contributed by atoms with Crippen LogP contribution in [0.25, 0.3) is 0 Å². The number of amides is 1. The minimum absolute atomic E-state index is 0.0585. The number of benzene rings is 2. The second kappa shape index (κ2) is 8.85. The number of rotatable bonds is 7. The fraction of sp³-hybridized carbons (Fsp3) is 0.190. The fourth-order valence-corrected chi connectivity index (χ4v) is 2.48. The Kier molecular flexibility index (Phi) is 6.06. The number of hydrogen-bond acceptors (Lipinski definition) is 6. The number of carbonyl (C=O) groups is 1. The zero-order valence-electron chi connectivity index (χ0n) is 16.0. The minimum atomic E-state index is -0.287. The molecule has 0 saturated carbocycles. The van der Waals surface area contributed by atoms with Crippen molar-refractivity contribution in [2.75, 3.05) is 17.7 Å². The number of aromatic nitrogens is 2. The first-order valence-electron chi connectivity index (χ1n) is 8.87. The molecule has 0 aliphatic rings. The van der Waals surface area contributed by atoms with Crippen molar-refractivity contribution in [1.82, 2.24) is 10.2 Å². The number of para-hydroxylation sites is 2. The molecule has 0 bridgehead atoms. The third kappa shape index (κ3) is 4.97. The molecule has 2 N–H and O–H groups in total. The zero-order chi connectivity index (χ0) is 19.9. The highest BCUT2D eigenvalue weighted by Gasteiger charge is 2.10. The summed E-state index contributed by atoms with van der Waals surface area (Å²) in [6, 6.07) is 17.9. The van der Waals surface area contributed by atoms with Gasteiger partial charge in [-0.25, -0.2) is 0 Å². The van der Waals surface area contributed by atoms with Crippen LogP contribution in [0, 0.1) is 0 Å². The smallest absolute Gasteiger partial charge is 0.256 e.